The Bertz CT molecular complexity index is 860. The van der Waals surface area contributed by atoms with E-state index in [1.807, 2.05) is 30.0 Å². The van der Waals surface area contributed by atoms with E-state index in [4.69, 9.17) is 0 Å². The number of benzene rings is 2. The van der Waals surface area contributed by atoms with Gasteiger partial charge in [-0.05, 0) is 31.2 Å². The van der Waals surface area contributed by atoms with Crippen molar-refractivity contribution in [3.8, 4) is 0 Å². The monoisotopic (exact) mass is 382 g/mol. The van der Waals surface area contributed by atoms with Crippen molar-refractivity contribution in [2.45, 2.75) is 19.5 Å². The molecule has 6 nitrogen and oxygen atoms in total. The topological polar surface area (TPSA) is 55.9 Å². The first kappa shape index (κ1) is 18.4. The first-order valence-electron chi connectivity index (χ1n) is 9.46. The predicted octanol–water partition coefficient (Wildman–Crippen LogP) is 2.73. The summed E-state index contributed by atoms with van der Waals surface area (Å²) in [5.41, 5.74) is 2.24. The molecule has 0 aromatic heterocycles. The van der Waals surface area contributed by atoms with Gasteiger partial charge < -0.3 is 10.2 Å². The summed E-state index contributed by atoms with van der Waals surface area (Å²) < 4.78 is 14.0. The molecule has 7 heteroatoms. The van der Waals surface area contributed by atoms with Gasteiger partial charge in [0.15, 0.2) is 0 Å². The van der Waals surface area contributed by atoms with Crippen LogP contribution in [0.1, 0.15) is 12.0 Å². The fraction of sp³-hybridized carbons (Fsp3) is 0.333. The second-order valence-electron chi connectivity index (χ2n) is 7.21. The van der Waals surface area contributed by atoms with E-state index in [0.29, 0.717) is 37.6 Å². The van der Waals surface area contributed by atoms with Gasteiger partial charge in [0.1, 0.15) is 5.82 Å². The third kappa shape index (κ3) is 3.57. The molecule has 0 spiro atoms. The van der Waals surface area contributed by atoms with Gasteiger partial charge in [-0.15, -0.1) is 0 Å². The van der Waals surface area contributed by atoms with Crippen LogP contribution in [0.5, 0.6) is 0 Å². The number of carbonyl (C=O) groups is 2. The number of rotatable bonds is 3. The highest BCUT2D eigenvalue weighted by Crippen LogP contribution is 2.24. The number of nitrogens with zero attached hydrogens (tertiary/aromatic N) is 3. The maximum absolute atomic E-state index is 14.0. The number of halogens is 1. The highest BCUT2D eigenvalue weighted by Gasteiger charge is 2.36. The predicted molar refractivity (Wildman–Crippen MR) is 106 cm³/mol. The molecule has 0 bridgehead atoms. The van der Waals surface area contributed by atoms with E-state index in [-0.39, 0.29) is 24.3 Å². The largest absolute Gasteiger partial charge is 0.367 e. The molecule has 2 aromatic carbocycles. The Balaban J connectivity index is 1.39. The fourth-order valence-corrected chi connectivity index (χ4v) is 3.79. The van der Waals surface area contributed by atoms with Crippen LogP contribution in [0.25, 0.3) is 0 Å². The second kappa shape index (κ2) is 7.59. The number of aryl methyl sites for hydroxylation is 1. The fourth-order valence-electron chi connectivity index (χ4n) is 3.79. The van der Waals surface area contributed by atoms with Gasteiger partial charge in [-0.3, -0.25) is 9.69 Å². The Labute approximate surface area is 163 Å². The zero-order valence-corrected chi connectivity index (χ0v) is 15.8. The van der Waals surface area contributed by atoms with Crippen LogP contribution in [0.3, 0.4) is 0 Å². The van der Waals surface area contributed by atoms with E-state index in [9.17, 15) is 14.0 Å². The van der Waals surface area contributed by atoms with Crippen LogP contribution >= 0.6 is 0 Å². The van der Waals surface area contributed by atoms with Gasteiger partial charge in [-0.1, -0.05) is 29.8 Å². The van der Waals surface area contributed by atoms with Gasteiger partial charge in [0, 0.05) is 26.2 Å². The maximum Gasteiger partial charge on any atom is 0.329 e. The van der Waals surface area contributed by atoms with Crippen LogP contribution in [-0.2, 0) is 4.79 Å². The van der Waals surface area contributed by atoms with E-state index in [0.717, 1.165) is 5.56 Å². The molecule has 3 amide bonds. The van der Waals surface area contributed by atoms with Crippen molar-refractivity contribution in [3.05, 3.63) is 59.9 Å². The van der Waals surface area contributed by atoms with Crippen LogP contribution in [0.4, 0.5) is 20.6 Å². The molecule has 2 aliphatic rings. The molecule has 1 unspecified atom stereocenters. The highest BCUT2D eigenvalue weighted by molar-refractivity contribution is 6.16. The number of carbonyl (C=O) groups excluding carboxylic acids is 2. The van der Waals surface area contributed by atoms with Crippen molar-refractivity contribution in [1.29, 1.82) is 0 Å². The summed E-state index contributed by atoms with van der Waals surface area (Å²) in [6.45, 7) is 4.54. The van der Waals surface area contributed by atoms with Crippen LogP contribution in [0, 0.1) is 12.7 Å². The number of hydrogen-bond donors (Lipinski definition) is 1. The van der Waals surface area contributed by atoms with Gasteiger partial charge in [0.2, 0.25) is 5.91 Å². The number of hydrogen-bond acceptors (Lipinski definition) is 4. The zero-order valence-electron chi connectivity index (χ0n) is 15.8. The molecular weight excluding hydrogens is 359 g/mol. The summed E-state index contributed by atoms with van der Waals surface area (Å²) in [5.74, 6) is -0.444. The van der Waals surface area contributed by atoms with E-state index in [2.05, 4.69) is 10.2 Å². The number of nitrogens with one attached hydrogen (secondary N) is 1. The molecule has 2 saturated heterocycles. The van der Waals surface area contributed by atoms with Crippen molar-refractivity contribution < 1.29 is 14.0 Å². The molecule has 0 aliphatic carbocycles. The third-order valence-electron chi connectivity index (χ3n) is 5.35. The standard InChI is InChI=1S/C21H23FN4O2/c1-15-6-8-16(9-7-15)26-20(27)14-19(23-21(26)28)25-12-10-24(11-13-25)18-5-3-2-4-17(18)22/h2-9,19H,10-14H2,1H3,(H,23,28). The van der Waals surface area contributed by atoms with Crippen LogP contribution in [0.2, 0.25) is 0 Å². The molecule has 2 fully saturated rings. The molecule has 0 saturated carbocycles. The average Bonchev–Trinajstić information content (AvgIpc) is 2.69. The van der Waals surface area contributed by atoms with E-state index in [1.54, 1.807) is 24.3 Å². The minimum Gasteiger partial charge on any atom is -0.367 e. The number of imide groups is 1. The Hall–Kier alpha value is -2.93. The average molecular weight is 382 g/mol. The third-order valence-corrected chi connectivity index (χ3v) is 5.35. The number of urea groups is 1. The Morgan fingerprint density at radius 1 is 0.964 bits per heavy atom. The maximum atomic E-state index is 14.0. The molecule has 28 heavy (non-hydrogen) atoms. The van der Waals surface area contributed by atoms with E-state index in [1.165, 1.54) is 11.0 Å². The summed E-state index contributed by atoms with van der Waals surface area (Å²) in [6.07, 6.45) is -0.108. The van der Waals surface area contributed by atoms with Gasteiger partial charge in [0.05, 0.1) is 24.0 Å². The van der Waals surface area contributed by atoms with Crippen molar-refractivity contribution >= 4 is 23.3 Å². The summed E-state index contributed by atoms with van der Waals surface area (Å²) in [4.78, 5) is 30.5. The van der Waals surface area contributed by atoms with Crippen LogP contribution in [-0.4, -0.2) is 49.2 Å². The quantitative estimate of drug-likeness (QED) is 0.887. The molecule has 4 rings (SSSR count). The summed E-state index contributed by atoms with van der Waals surface area (Å²) in [5, 5.41) is 2.95. The van der Waals surface area contributed by atoms with Crippen molar-refractivity contribution in [2.24, 2.45) is 0 Å². The highest BCUT2D eigenvalue weighted by atomic mass is 19.1. The summed E-state index contributed by atoms with van der Waals surface area (Å²) in [6, 6.07) is 13.6. The molecule has 2 heterocycles. The lowest BCUT2D eigenvalue weighted by molar-refractivity contribution is -0.120. The van der Waals surface area contributed by atoms with Crippen molar-refractivity contribution in [3.63, 3.8) is 0 Å². The van der Waals surface area contributed by atoms with Gasteiger partial charge in [-0.2, -0.15) is 0 Å². The number of amides is 3. The lowest BCUT2D eigenvalue weighted by atomic mass is 10.1. The smallest absolute Gasteiger partial charge is 0.329 e. The number of para-hydroxylation sites is 1. The van der Waals surface area contributed by atoms with Crippen LogP contribution < -0.4 is 15.1 Å². The zero-order chi connectivity index (χ0) is 19.7. The van der Waals surface area contributed by atoms with Crippen molar-refractivity contribution in [1.82, 2.24) is 10.2 Å². The van der Waals surface area contributed by atoms with E-state index >= 15 is 0 Å². The van der Waals surface area contributed by atoms with Gasteiger partial charge in [0.25, 0.3) is 0 Å². The molecule has 146 valence electrons. The van der Waals surface area contributed by atoms with E-state index < -0.39 is 6.03 Å². The number of anilines is 2. The minimum absolute atomic E-state index is 0.214. The molecule has 1 atom stereocenters. The molecular formula is C21H23FN4O2. The lowest BCUT2D eigenvalue weighted by Gasteiger charge is -2.42. The molecule has 2 aliphatic heterocycles. The second-order valence-corrected chi connectivity index (χ2v) is 7.21. The summed E-state index contributed by atoms with van der Waals surface area (Å²) >= 11 is 0. The Morgan fingerprint density at radius 3 is 2.29 bits per heavy atom. The SMILES string of the molecule is Cc1ccc(N2C(=O)CC(N3CCN(c4ccccc4F)CC3)NC2=O)cc1. The molecule has 1 N–H and O–H groups in total. The molecule has 2 aromatic rings. The van der Waals surface area contributed by atoms with Gasteiger partial charge >= 0.3 is 6.03 Å². The van der Waals surface area contributed by atoms with Crippen molar-refractivity contribution in [2.75, 3.05) is 36.0 Å². The Morgan fingerprint density at radius 2 is 1.64 bits per heavy atom. The minimum atomic E-state index is -0.401. The van der Waals surface area contributed by atoms with Gasteiger partial charge in [-0.25, -0.2) is 14.1 Å². The normalized spacial score (nSPS) is 21.0. The summed E-state index contributed by atoms with van der Waals surface area (Å²) in [7, 11) is 0. The first-order valence-corrected chi connectivity index (χ1v) is 9.46. The Kier molecular flexibility index (Phi) is 5.00. The molecule has 0 radical (unpaired) electrons. The van der Waals surface area contributed by atoms with Crippen LogP contribution in [0.15, 0.2) is 48.5 Å². The first-order chi connectivity index (χ1) is 13.5. The lowest BCUT2D eigenvalue weighted by Crippen LogP contribution is -2.63. The number of piperazine rings is 1.